The lowest BCUT2D eigenvalue weighted by Crippen LogP contribution is -2.29. The summed E-state index contributed by atoms with van der Waals surface area (Å²) in [4.78, 5) is 0.487. The van der Waals surface area contributed by atoms with Gasteiger partial charge in [-0.2, -0.15) is 13.2 Å². The minimum atomic E-state index is -5.45. The molecule has 0 aromatic heterocycles. The van der Waals surface area contributed by atoms with Crippen molar-refractivity contribution >= 4 is 20.4 Å². The molecule has 18 heavy (non-hydrogen) atoms. The fourth-order valence-electron chi connectivity index (χ4n) is 1.20. The predicted molar refractivity (Wildman–Crippen MR) is 66.5 cm³/mol. The second kappa shape index (κ2) is 4.75. The van der Waals surface area contributed by atoms with Gasteiger partial charge in [-0.05, 0) is 19.1 Å². The average Bonchev–Trinajstić information content (AvgIpc) is 2.14. The zero-order valence-electron chi connectivity index (χ0n) is 10.0. The second-order valence-corrected chi connectivity index (χ2v) is 9.11. The molecule has 0 atom stereocenters. The molecule has 0 saturated carbocycles. The Kier molecular flexibility index (Phi) is 4.04. The van der Waals surface area contributed by atoms with Crippen molar-refractivity contribution < 1.29 is 25.2 Å². The van der Waals surface area contributed by atoms with Crippen LogP contribution in [0, 0.1) is 6.92 Å². The third kappa shape index (κ3) is 3.39. The van der Waals surface area contributed by atoms with Gasteiger partial charge < -0.3 is 0 Å². The van der Waals surface area contributed by atoms with Crippen LogP contribution in [0.2, 0.25) is 0 Å². The molecular weight excluding hydrogens is 289 g/mol. The van der Waals surface area contributed by atoms with Crippen LogP contribution in [0.3, 0.4) is 0 Å². The van der Waals surface area contributed by atoms with Gasteiger partial charge in [-0.3, -0.25) is 3.63 Å². The molecule has 1 N–H and O–H groups in total. The molecule has 8 heteroatoms. The van der Waals surface area contributed by atoms with Gasteiger partial charge in [-0.15, -0.1) is 8.42 Å². The van der Waals surface area contributed by atoms with Crippen molar-refractivity contribution in [1.82, 2.24) is 0 Å². The summed E-state index contributed by atoms with van der Waals surface area (Å²) in [7, 11) is -7.85. The van der Waals surface area contributed by atoms with Crippen molar-refractivity contribution in [2.75, 3.05) is 12.5 Å². The summed E-state index contributed by atoms with van der Waals surface area (Å²) >= 11 is 0. The van der Waals surface area contributed by atoms with E-state index in [1.807, 2.05) is 6.92 Å². The van der Waals surface area contributed by atoms with E-state index in [0.717, 1.165) is 5.56 Å². The summed E-state index contributed by atoms with van der Waals surface area (Å²) in [5.74, 6) is 0. The second-order valence-electron chi connectivity index (χ2n) is 4.08. The van der Waals surface area contributed by atoms with Crippen LogP contribution in [0.5, 0.6) is 0 Å². The Morgan fingerprint density at radius 1 is 1.06 bits per heavy atom. The summed E-state index contributed by atoms with van der Waals surface area (Å²) in [5.41, 5.74) is -4.41. The fraction of sp³-hybridized carbons (Fsp3) is 0.400. The molecule has 0 fully saturated rings. The highest BCUT2D eigenvalue weighted by Gasteiger charge is 2.55. The molecule has 0 saturated heterocycles. The van der Waals surface area contributed by atoms with Gasteiger partial charge in [-0.25, -0.2) is 0 Å². The van der Waals surface area contributed by atoms with E-state index in [9.17, 15) is 21.6 Å². The number of alkyl halides is 3. The highest BCUT2D eigenvalue weighted by Crippen LogP contribution is 2.50. The van der Waals surface area contributed by atoms with Gasteiger partial charge in [0, 0.05) is 22.8 Å². The standard InChI is InChI=1S/C10H13F3O3S2/c1-8-4-6-9(7-5-8)17(2,3)16-18(14,15)10(11,12)13/h4-7H,1-3H3/p+1. The number of hydrogen-bond donors (Lipinski definition) is 0. The molecule has 1 aromatic carbocycles. The highest BCUT2D eigenvalue weighted by atomic mass is 32.3. The van der Waals surface area contributed by atoms with Crippen LogP contribution in [0.15, 0.2) is 29.2 Å². The third-order valence-corrected chi connectivity index (χ3v) is 6.46. The van der Waals surface area contributed by atoms with E-state index in [2.05, 4.69) is 3.63 Å². The first kappa shape index (κ1) is 15.3. The monoisotopic (exact) mass is 303 g/mol. The van der Waals surface area contributed by atoms with Crippen molar-refractivity contribution in [3.63, 3.8) is 0 Å². The van der Waals surface area contributed by atoms with Crippen LogP contribution in [-0.2, 0) is 10.1 Å². The summed E-state index contributed by atoms with van der Waals surface area (Å²) in [6.45, 7) is 1.83. The van der Waals surface area contributed by atoms with Gasteiger partial charge in [0.25, 0.3) is 0 Å². The van der Waals surface area contributed by atoms with Gasteiger partial charge in [-0.1, -0.05) is 17.7 Å². The molecule has 0 aliphatic heterocycles. The Morgan fingerprint density at radius 3 is 1.89 bits per heavy atom. The summed E-state index contributed by atoms with van der Waals surface area (Å²) < 4.78 is 61.9. The molecule has 3 nitrogen and oxygen atoms in total. The molecule has 0 radical (unpaired) electrons. The molecule has 104 valence electrons. The van der Waals surface area contributed by atoms with Crippen molar-refractivity contribution in [3.8, 4) is 0 Å². The molecule has 0 aliphatic rings. The molecule has 0 heterocycles. The fourth-order valence-corrected chi connectivity index (χ4v) is 4.65. The van der Waals surface area contributed by atoms with Gasteiger partial charge in [0.15, 0.2) is 0 Å². The largest absolute Gasteiger partial charge is 0.572 e. The van der Waals surface area contributed by atoms with E-state index in [1.54, 1.807) is 24.3 Å². The van der Waals surface area contributed by atoms with E-state index < -0.39 is 25.9 Å². The lowest BCUT2D eigenvalue weighted by atomic mass is 10.2. The number of halogens is 3. The highest BCUT2D eigenvalue weighted by molar-refractivity contribution is 8.31. The van der Waals surface area contributed by atoms with Crippen LogP contribution in [0.4, 0.5) is 13.2 Å². The molecule has 0 amide bonds. The van der Waals surface area contributed by atoms with Crippen LogP contribution in [0.1, 0.15) is 5.56 Å². The number of rotatable bonds is 3. The van der Waals surface area contributed by atoms with E-state index >= 15 is 0 Å². The normalized spacial score (nSPS) is 14.6. The Morgan fingerprint density at radius 2 is 1.50 bits per heavy atom. The maximum Gasteiger partial charge on any atom is 0.572 e. The van der Waals surface area contributed by atoms with E-state index in [0.29, 0.717) is 4.90 Å². The van der Waals surface area contributed by atoms with Gasteiger partial charge in [0.2, 0.25) is 0 Å². The predicted octanol–water partition coefficient (Wildman–Crippen LogP) is 3.28. The Hall–Kier alpha value is -0.730. The molecule has 0 aliphatic carbocycles. The van der Waals surface area contributed by atoms with Crippen LogP contribution in [-0.4, -0.2) is 30.1 Å². The van der Waals surface area contributed by atoms with Crippen molar-refractivity contribution in [2.45, 2.75) is 17.3 Å². The lowest BCUT2D eigenvalue weighted by molar-refractivity contribution is -0.0539. The smallest absolute Gasteiger partial charge is 0.262 e. The molecular formula is C10H14F3O3S2+. The van der Waals surface area contributed by atoms with E-state index in [-0.39, 0.29) is 0 Å². The van der Waals surface area contributed by atoms with Crippen LogP contribution in [0.25, 0.3) is 0 Å². The van der Waals surface area contributed by atoms with Crippen LogP contribution >= 0.6 is 10.3 Å². The quantitative estimate of drug-likeness (QED) is 0.489. The van der Waals surface area contributed by atoms with E-state index in [1.165, 1.54) is 12.5 Å². The van der Waals surface area contributed by atoms with Crippen molar-refractivity contribution in [1.29, 1.82) is 0 Å². The maximum atomic E-state index is 12.3. The van der Waals surface area contributed by atoms with E-state index in [4.69, 9.17) is 0 Å². The summed E-state index contributed by atoms with van der Waals surface area (Å²) in [6, 6.07) is 6.61. The third-order valence-electron chi connectivity index (χ3n) is 2.17. The summed E-state index contributed by atoms with van der Waals surface area (Å²) in [6.07, 6.45) is 2.81. The molecule has 0 spiro atoms. The first-order valence-corrected chi connectivity index (χ1v) is 8.66. The number of aryl methyl sites for hydroxylation is 1. The molecule has 0 bridgehead atoms. The minimum Gasteiger partial charge on any atom is -0.262 e. The summed E-state index contributed by atoms with van der Waals surface area (Å²) in [5, 5.41) is 0. The lowest BCUT2D eigenvalue weighted by Gasteiger charge is -2.25. The Balaban J connectivity index is 3.06. The SMILES string of the molecule is Cc1ccc(S(C)(C)[OH+]S(=O)(=O)C(F)(F)F)cc1. The average molecular weight is 303 g/mol. The molecule has 1 aromatic rings. The van der Waals surface area contributed by atoms with Crippen molar-refractivity contribution in [3.05, 3.63) is 29.8 Å². The number of hydrogen-bond acceptors (Lipinski definition) is 2. The Labute approximate surface area is 106 Å². The zero-order valence-corrected chi connectivity index (χ0v) is 11.7. The molecule has 1 rings (SSSR count). The topological polar surface area (TPSA) is 46.9 Å². The van der Waals surface area contributed by atoms with Crippen molar-refractivity contribution in [2.24, 2.45) is 0 Å². The minimum absolute atomic E-state index is 0.487. The maximum absolute atomic E-state index is 12.3. The van der Waals surface area contributed by atoms with Crippen LogP contribution < -0.4 is 0 Å². The van der Waals surface area contributed by atoms with Gasteiger partial charge in [0.05, 0.1) is 4.90 Å². The van der Waals surface area contributed by atoms with Gasteiger partial charge >= 0.3 is 15.6 Å². The first-order valence-electron chi connectivity index (χ1n) is 4.81. The number of benzene rings is 1. The zero-order chi connectivity index (χ0) is 14.2. The molecule has 0 unspecified atom stereocenters. The first-order chi connectivity index (χ1) is 7.96. The van der Waals surface area contributed by atoms with Gasteiger partial charge in [0.1, 0.15) is 0 Å². The Bertz CT molecular complexity index is 518.